The zero-order chi connectivity index (χ0) is 12.3. The van der Waals surface area contributed by atoms with E-state index in [1.165, 1.54) is 31.7 Å². The highest BCUT2D eigenvalue weighted by Crippen LogP contribution is 2.29. The number of halogens is 2. The average Bonchev–Trinajstić information content (AvgIpc) is 2.82. The fourth-order valence-corrected chi connectivity index (χ4v) is 2.83. The first-order chi connectivity index (χ1) is 8.16. The van der Waals surface area contributed by atoms with Crippen molar-refractivity contribution in [1.29, 1.82) is 0 Å². The van der Waals surface area contributed by atoms with Crippen molar-refractivity contribution < 1.29 is 9.18 Å². The molecule has 0 heterocycles. The second-order valence-electron chi connectivity index (χ2n) is 4.74. The molecule has 1 saturated carbocycles. The molecule has 0 amide bonds. The van der Waals surface area contributed by atoms with Gasteiger partial charge in [-0.1, -0.05) is 25.7 Å². The first-order valence-electron chi connectivity index (χ1n) is 6.15. The van der Waals surface area contributed by atoms with Crippen LogP contribution in [0.4, 0.5) is 4.39 Å². The molecule has 0 spiro atoms. The van der Waals surface area contributed by atoms with Crippen LogP contribution in [0.3, 0.4) is 0 Å². The van der Waals surface area contributed by atoms with Gasteiger partial charge in [0.05, 0.1) is 4.47 Å². The summed E-state index contributed by atoms with van der Waals surface area (Å²) < 4.78 is 13.4. The lowest BCUT2D eigenvalue weighted by Crippen LogP contribution is -2.03. The van der Waals surface area contributed by atoms with Gasteiger partial charge in [-0.15, -0.1) is 0 Å². The quantitative estimate of drug-likeness (QED) is 0.734. The van der Waals surface area contributed by atoms with Crippen LogP contribution in [0, 0.1) is 11.7 Å². The van der Waals surface area contributed by atoms with Gasteiger partial charge in [0.1, 0.15) is 5.82 Å². The molecule has 1 aliphatic rings. The van der Waals surface area contributed by atoms with Gasteiger partial charge >= 0.3 is 0 Å². The smallest absolute Gasteiger partial charge is 0.162 e. The summed E-state index contributed by atoms with van der Waals surface area (Å²) in [5.74, 6) is 0.526. The van der Waals surface area contributed by atoms with E-state index in [0.717, 1.165) is 12.3 Å². The van der Waals surface area contributed by atoms with Crippen LogP contribution < -0.4 is 0 Å². The molecule has 0 unspecified atom stereocenters. The number of benzene rings is 1. The van der Waals surface area contributed by atoms with Crippen LogP contribution >= 0.6 is 15.9 Å². The summed E-state index contributed by atoms with van der Waals surface area (Å²) in [5, 5.41) is 0. The van der Waals surface area contributed by atoms with E-state index in [1.54, 1.807) is 12.1 Å². The number of rotatable bonds is 4. The van der Waals surface area contributed by atoms with Crippen LogP contribution in [0.2, 0.25) is 0 Å². The summed E-state index contributed by atoms with van der Waals surface area (Å²) in [6, 6.07) is 4.48. The molecule has 2 rings (SSSR count). The van der Waals surface area contributed by atoms with E-state index < -0.39 is 0 Å². The molecule has 0 atom stereocenters. The van der Waals surface area contributed by atoms with Crippen molar-refractivity contribution in [2.24, 2.45) is 5.92 Å². The number of hydrogen-bond donors (Lipinski definition) is 0. The maximum absolute atomic E-state index is 13.0. The molecule has 0 saturated heterocycles. The molecule has 1 fully saturated rings. The third kappa shape index (κ3) is 3.38. The van der Waals surface area contributed by atoms with Crippen LogP contribution in [0.5, 0.6) is 0 Å². The minimum atomic E-state index is -0.322. The van der Waals surface area contributed by atoms with E-state index >= 15 is 0 Å². The molecule has 0 bridgehead atoms. The lowest BCUT2D eigenvalue weighted by atomic mass is 9.97. The maximum Gasteiger partial charge on any atom is 0.162 e. The highest BCUT2D eigenvalue weighted by Gasteiger charge is 2.17. The first-order valence-corrected chi connectivity index (χ1v) is 6.94. The molecule has 0 aliphatic heterocycles. The standard InChI is InChI=1S/C14H16BrFO/c15-12-9-11(6-7-13(12)16)14(17)8-5-10-3-1-2-4-10/h6-7,9-10H,1-5,8H2. The lowest BCUT2D eigenvalue weighted by Gasteiger charge is -2.08. The summed E-state index contributed by atoms with van der Waals surface area (Å²) in [7, 11) is 0. The topological polar surface area (TPSA) is 17.1 Å². The predicted molar refractivity (Wildman–Crippen MR) is 69.6 cm³/mol. The molecular formula is C14H16BrFO. The van der Waals surface area contributed by atoms with Crippen molar-refractivity contribution in [3.8, 4) is 0 Å². The van der Waals surface area contributed by atoms with Gasteiger partial charge in [0, 0.05) is 12.0 Å². The second-order valence-corrected chi connectivity index (χ2v) is 5.60. The minimum absolute atomic E-state index is 0.123. The Kier molecular flexibility index (Phi) is 4.32. The summed E-state index contributed by atoms with van der Waals surface area (Å²) in [4.78, 5) is 11.9. The molecular weight excluding hydrogens is 283 g/mol. The third-order valence-corrected chi connectivity index (χ3v) is 4.10. The van der Waals surface area contributed by atoms with Gasteiger partial charge in [0.25, 0.3) is 0 Å². The van der Waals surface area contributed by atoms with Crippen molar-refractivity contribution in [1.82, 2.24) is 0 Å². The summed E-state index contributed by atoms with van der Waals surface area (Å²) >= 11 is 3.10. The van der Waals surface area contributed by atoms with Gasteiger partial charge in [0.15, 0.2) is 5.78 Å². The predicted octanol–water partition coefficient (Wildman–Crippen LogP) is 4.74. The number of carbonyl (C=O) groups is 1. The number of carbonyl (C=O) groups excluding carboxylic acids is 1. The van der Waals surface area contributed by atoms with Gasteiger partial charge in [-0.25, -0.2) is 4.39 Å². The number of hydrogen-bond acceptors (Lipinski definition) is 1. The zero-order valence-corrected chi connectivity index (χ0v) is 11.3. The average molecular weight is 299 g/mol. The molecule has 1 aromatic carbocycles. The SMILES string of the molecule is O=C(CCC1CCCC1)c1ccc(F)c(Br)c1. The summed E-state index contributed by atoms with van der Waals surface area (Å²) in [6.45, 7) is 0. The highest BCUT2D eigenvalue weighted by molar-refractivity contribution is 9.10. The van der Waals surface area contributed by atoms with E-state index in [4.69, 9.17) is 0 Å². The fourth-order valence-electron chi connectivity index (χ4n) is 2.45. The Labute approximate surface area is 110 Å². The summed E-state index contributed by atoms with van der Waals surface area (Å²) in [6.07, 6.45) is 6.71. The van der Waals surface area contributed by atoms with E-state index in [2.05, 4.69) is 15.9 Å². The normalized spacial score (nSPS) is 16.4. The van der Waals surface area contributed by atoms with Crippen molar-refractivity contribution in [2.45, 2.75) is 38.5 Å². The van der Waals surface area contributed by atoms with Crippen LogP contribution in [-0.2, 0) is 0 Å². The molecule has 0 N–H and O–H groups in total. The zero-order valence-electron chi connectivity index (χ0n) is 9.72. The van der Waals surface area contributed by atoms with Gasteiger partial charge in [-0.3, -0.25) is 4.79 Å². The maximum atomic E-state index is 13.0. The van der Waals surface area contributed by atoms with Gasteiger partial charge in [0.2, 0.25) is 0 Å². The van der Waals surface area contributed by atoms with Gasteiger partial charge in [-0.05, 0) is 46.5 Å². The number of ketones is 1. The van der Waals surface area contributed by atoms with Crippen LogP contribution in [0.15, 0.2) is 22.7 Å². The number of Topliss-reactive ketones (excluding diaryl/α,β-unsaturated/α-hetero) is 1. The van der Waals surface area contributed by atoms with Crippen LogP contribution in [0.25, 0.3) is 0 Å². The molecule has 0 aromatic heterocycles. The van der Waals surface area contributed by atoms with Crippen LogP contribution in [-0.4, -0.2) is 5.78 Å². The molecule has 3 heteroatoms. The fraction of sp³-hybridized carbons (Fsp3) is 0.500. The minimum Gasteiger partial charge on any atom is -0.294 e. The van der Waals surface area contributed by atoms with Gasteiger partial charge in [-0.2, -0.15) is 0 Å². The molecule has 1 nitrogen and oxygen atoms in total. The van der Waals surface area contributed by atoms with Crippen LogP contribution in [0.1, 0.15) is 48.9 Å². The van der Waals surface area contributed by atoms with Crippen molar-refractivity contribution >= 4 is 21.7 Å². The second kappa shape index (κ2) is 5.76. The monoisotopic (exact) mass is 298 g/mol. The Morgan fingerprint density at radius 3 is 2.71 bits per heavy atom. The Morgan fingerprint density at radius 1 is 1.35 bits per heavy atom. The Bertz CT molecular complexity index is 411. The molecule has 1 aliphatic carbocycles. The van der Waals surface area contributed by atoms with E-state index in [-0.39, 0.29) is 11.6 Å². The highest BCUT2D eigenvalue weighted by atomic mass is 79.9. The molecule has 17 heavy (non-hydrogen) atoms. The summed E-state index contributed by atoms with van der Waals surface area (Å²) in [5.41, 5.74) is 0.608. The van der Waals surface area contributed by atoms with Crippen molar-refractivity contribution in [3.63, 3.8) is 0 Å². The van der Waals surface area contributed by atoms with E-state index in [0.29, 0.717) is 16.5 Å². The third-order valence-electron chi connectivity index (χ3n) is 3.50. The Morgan fingerprint density at radius 2 is 2.06 bits per heavy atom. The largest absolute Gasteiger partial charge is 0.294 e. The first kappa shape index (κ1) is 12.7. The molecule has 0 radical (unpaired) electrons. The van der Waals surface area contributed by atoms with E-state index in [9.17, 15) is 9.18 Å². The molecule has 1 aromatic rings. The Balaban J connectivity index is 1.92. The molecule has 92 valence electrons. The van der Waals surface area contributed by atoms with Crippen molar-refractivity contribution in [2.75, 3.05) is 0 Å². The lowest BCUT2D eigenvalue weighted by molar-refractivity contribution is 0.0974. The Hall–Kier alpha value is -0.700. The van der Waals surface area contributed by atoms with E-state index in [1.807, 2.05) is 0 Å². The van der Waals surface area contributed by atoms with Crippen molar-refractivity contribution in [3.05, 3.63) is 34.1 Å². The van der Waals surface area contributed by atoms with Gasteiger partial charge < -0.3 is 0 Å².